The molecule has 1 aromatic carbocycles. The molecule has 5 heterocycles. The fraction of sp³-hybridized carbons (Fsp3) is 0.192. The van der Waals surface area contributed by atoms with Crippen molar-refractivity contribution in [2.24, 2.45) is 0 Å². The standard InChI is InChI=1S/C26H23N7O2/c1-2-23(34)33-13-12-26(33)15-32(16-26)21-10-9-20-24(31-21)25(29-17-28-20)30-18-8-11-22(27-14-18)35-19-6-4-3-5-7-19/h2-11,14,17H,1,12-13,15-16H2,(H,28,29,30). The van der Waals surface area contributed by atoms with Gasteiger partial charge in [-0.05, 0) is 42.8 Å². The van der Waals surface area contributed by atoms with Crippen LogP contribution in [0.25, 0.3) is 11.0 Å². The lowest BCUT2D eigenvalue weighted by atomic mass is 9.77. The molecule has 1 N–H and O–H groups in total. The monoisotopic (exact) mass is 465 g/mol. The lowest BCUT2D eigenvalue weighted by Gasteiger charge is -2.62. The number of fused-ring (bicyclic) bond motifs is 1. The zero-order chi connectivity index (χ0) is 23.8. The van der Waals surface area contributed by atoms with Gasteiger partial charge in [0.25, 0.3) is 0 Å². The van der Waals surface area contributed by atoms with Crippen LogP contribution in [-0.2, 0) is 4.79 Å². The highest BCUT2D eigenvalue weighted by Crippen LogP contribution is 2.41. The van der Waals surface area contributed by atoms with Gasteiger partial charge in [0, 0.05) is 25.7 Å². The number of nitrogens with zero attached hydrogens (tertiary/aromatic N) is 6. The average Bonchev–Trinajstić information content (AvgIpc) is 2.85. The number of para-hydroxylation sites is 1. The summed E-state index contributed by atoms with van der Waals surface area (Å²) in [6.45, 7) is 5.92. The quantitative estimate of drug-likeness (QED) is 0.428. The van der Waals surface area contributed by atoms with Crippen LogP contribution in [0.2, 0.25) is 0 Å². The molecule has 35 heavy (non-hydrogen) atoms. The first-order valence-electron chi connectivity index (χ1n) is 11.4. The van der Waals surface area contributed by atoms with E-state index < -0.39 is 0 Å². The molecule has 3 aromatic heterocycles. The summed E-state index contributed by atoms with van der Waals surface area (Å²) < 4.78 is 5.76. The molecule has 2 aliphatic rings. The van der Waals surface area contributed by atoms with Crippen molar-refractivity contribution in [2.45, 2.75) is 12.0 Å². The van der Waals surface area contributed by atoms with Crippen molar-refractivity contribution in [2.75, 3.05) is 29.9 Å². The molecule has 174 valence electrons. The van der Waals surface area contributed by atoms with Crippen molar-refractivity contribution in [3.63, 3.8) is 0 Å². The van der Waals surface area contributed by atoms with Crippen LogP contribution in [0.5, 0.6) is 11.6 Å². The number of carbonyl (C=O) groups excluding carboxylic acids is 1. The van der Waals surface area contributed by atoms with Crippen molar-refractivity contribution >= 4 is 34.3 Å². The van der Waals surface area contributed by atoms with Crippen molar-refractivity contribution in [1.82, 2.24) is 24.8 Å². The molecule has 2 aliphatic heterocycles. The molecular formula is C26H23N7O2. The third-order valence-electron chi connectivity index (χ3n) is 6.54. The minimum absolute atomic E-state index is 0.00365. The van der Waals surface area contributed by atoms with Crippen LogP contribution in [0.1, 0.15) is 6.42 Å². The van der Waals surface area contributed by atoms with Crippen molar-refractivity contribution < 1.29 is 9.53 Å². The summed E-state index contributed by atoms with van der Waals surface area (Å²) in [4.78, 5) is 34.2. The fourth-order valence-corrected chi connectivity index (χ4v) is 4.61. The molecule has 2 fully saturated rings. The largest absolute Gasteiger partial charge is 0.439 e. The van der Waals surface area contributed by atoms with Gasteiger partial charge in [0.05, 0.1) is 22.9 Å². The Morgan fingerprint density at radius 1 is 1.06 bits per heavy atom. The molecule has 0 aliphatic carbocycles. The van der Waals surface area contributed by atoms with Crippen LogP contribution in [0.3, 0.4) is 0 Å². The van der Waals surface area contributed by atoms with Gasteiger partial charge >= 0.3 is 0 Å². The van der Waals surface area contributed by atoms with Gasteiger partial charge in [0.2, 0.25) is 11.8 Å². The van der Waals surface area contributed by atoms with Crippen LogP contribution in [0.4, 0.5) is 17.3 Å². The maximum absolute atomic E-state index is 12.1. The number of hydrogen-bond donors (Lipinski definition) is 1. The number of amides is 1. The normalized spacial score (nSPS) is 15.9. The first kappa shape index (κ1) is 21.0. The highest BCUT2D eigenvalue weighted by atomic mass is 16.5. The summed E-state index contributed by atoms with van der Waals surface area (Å²) in [5, 5.41) is 3.29. The Morgan fingerprint density at radius 2 is 1.91 bits per heavy atom. The minimum Gasteiger partial charge on any atom is -0.439 e. The van der Waals surface area contributed by atoms with E-state index in [9.17, 15) is 4.79 Å². The zero-order valence-corrected chi connectivity index (χ0v) is 19.0. The highest BCUT2D eigenvalue weighted by molar-refractivity contribution is 5.90. The van der Waals surface area contributed by atoms with Gasteiger partial charge in [0.15, 0.2) is 5.82 Å². The summed E-state index contributed by atoms with van der Waals surface area (Å²) in [5.74, 6) is 2.66. The van der Waals surface area contributed by atoms with Crippen molar-refractivity contribution in [3.8, 4) is 11.6 Å². The number of anilines is 3. The van der Waals surface area contributed by atoms with Gasteiger partial charge in [-0.25, -0.2) is 19.9 Å². The van der Waals surface area contributed by atoms with E-state index in [1.165, 1.54) is 12.4 Å². The smallest absolute Gasteiger partial charge is 0.246 e. The average molecular weight is 466 g/mol. The summed E-state index contributed by atoms with van der Waals surface area (Å²) in [6.07, 6.45) is 5.60. The Bertz CT molecular complexity index is 1400. The molecule has 6 rings (SSSR count). The number of rotatable bonds is 6. The van der Waals surface area contributed by atoms with E-state index in [1.54, 1.807) is 12.3 Å². The number of benzene rings is 1. The maximum atomic E-state index is 12.1. The summed E-state index contributed by atoms with van der Waals surface area (Å²) in [5.41, 5.74) is 2.08. The number of nitrogens with one attached hydrogen (secondary N) is 1. The number of hydrogen-bond acceptors (Lipinski definition) is 8. The maximum Gasteiger partial charge on any atom is 0.246 e. The summed E-state index contributed by atoms with van der Waals surface area (Å²) in [6, 6.07) is 17.1. The van der Waals surface area contributed by atoms with Crippen LogP contribution < -0.4 is 15.0 Å². The number of ether oxygens (including phenoxy) is 1. The van der Waals surface area contributed by atoms with E-state index in [0.29, 0.717) is 17.2 Å². The van der Waals surface area contributed by atoms with E-state index >= 15 is 0 Å². The summed E-state index contributed by atoms with van der Waals surface area (Å²) in [7, 11) is 0. The molecule has 1 spiro atoms. The van der Waals surface area contributed by atoms with Gasteiger partial charge in [-0.15, -0.1) is 0 Å². The third kappa shape index (κ3) is 3.80. The van der Waals surface area contributed by atoms with E-state index in [0.717, 1.165) is 48.8 Å². The molecule has 0 radical (unpaired) electrons. The SMILES string of the molecule is C=CC(=O)N1CCC12CN(c1ccc3ncnc(Nc4ccc(Oc5ccccc5)nc4)c3n1)C2. The molecule has 9 nitrogen and oxygen atoms in total. The molecule has 0 unspecified atom stereocenters. The van der Waals surface area contributed by atoms with E-state index in [-0.39, 0.29) is 11.4 Å². The molecular weight excluding hydrogens is 442 g/mol. The lowest BCUT2D eigenvalue weighted by molar-refractivity contribution is -0.144. The van der Waals surface area contributed by atoms with Gasteiger partial charge in [-0.3, -0.25) is 4.79 Å². The number of aromatic nitrogens is 4. The molecule has 0 atom stereocenters. The van der Waals surface area contributed by atoms with Crippen LogP contribution in [0.15, 0.2) is 79.8 Å². The van der Waals surface area contributed by atoms with Gasteiger partial charge in [0.1, 0.15) is 23.4 Å². The van der Waals surface area contributed by atoms with Gasteiger partial charge < -0.3 is 19.9 Å². The Morgan fingerprint density at radius 3 is 2.63 bits per heavy atom. The highest BCUT2D eigenvalue weighted by Gasteiger charge is 2.55. The number of carbonyl (C=O) groups is 1. The lowest BCUT2D eigenvalue weighted by Crippen LogP contribution is -2.78. The summed E-state index contributed by atoms with van der Waals surface area (Å²) >= 11 is 0. The topological polar surface area (TPSA) is 96.4 Å². The zero-order valence-electron chi connectivity index (χ0n) is 19.0. The molecule has 2 saturated heterocycles. The molecule has 1 amide bonds. The molecule has 0 bridgehead atoms. The molecule has 9 heteroatoms. The molecule has 4 aromatic rings. The predicted octanol–water partition coefficient (Wildman–Crippen LogP) is 3.93. The number of pyridine rings is 2. The van der Waals surface area contributed by atoms with Gasteiger partial charge in [-0.1, -0.05) is 24.8 Å². The van der Waals surface area contributed by atoms with E-state index in [2.05, 4.69) is 31.7 Å². The number of likely N-dealkylation sites (tertiary alicyclic amines) is 1. The second-order valence-corrected chi connectivity index (χ2v) is 8.71. The first-order valence-corrected chi connectivity index (χ1v) is 11.4. The van der Waals surface area contributed by atoms with E-state index in [4.69, 9.17) is 9.72 Å². The van der Waals surface area contributed by atoms with Gasteiger partial charge in [-0.2, -0.15) is 0 Å². The van der Waals surface area contributed by atoms with Crippen molar-refractivity contribution in [3.05, 3.63) is 79.8 Å². The van der Waals surface area contributed by atoms with Crippen LogP contribution in [0, 0.1) is 0 Å². The predicted molar refractivity (Wildman–Crippen MR) is 133 cm³/mol. The Kier molecular flexibility index (Phi) is 5.02. The first-order chi connectivity index (χ1) is 17.1. The fourth-order valence-electron chi connectivity index (χ4n) is 4.61. The van der Waals surface area contributed by atoms with Crippen LogP contribution in [-0.4, -0.2) is 55.9 Å². The third-order valence-corrected chi connectivity index (χ3v) is 6.54. The second-order valence-electron chi connectivity index (χ2n) is 8.71. The van der Waals surface area contributed by atoms with Crippen LogP contribution >= 0.6 is 0 Å². The van der Waals surface area contributed by atoms with Crippen molar-refractivity contribution in [1.29, 1.82) is 0 Å². The Balaban J connectivity index is 1.19. The molecule has 0 saturated carbocycles. The Hall–Kier alpha value is -4.53. The second kappa shape index (κ2) is 8.35. The minimum atomic E-state index is -0.0919. The van der Waals surface area contributed by atoms with E-state index in [1.807, 2.05) is 53.4 Å². The Labute approximate surface area is 202 Å².